The minimum Gasteiger partial charge on any atom is -0.508 e. The molecule has 0 spiro atoms. The molecule has 4 N–H and O–H groups in total. The van der Waals surface area contributed by atoms with Gasteiger partial charge in [0.15, 0.2) is 0 Å². The largest absolute Gasteiger partial charge is 0.508 e. The van der Waals surface area contributed by atoms with Gasteiger partial charge in [-0.15, -0.1) is 0 Å². The maximum absolute atomic E-state index is 11.9. The van der Waals surface area contributed by atoms with Crippen LogP contribution in [0.5, 0.6) is 5.75 Å². The maximum Gasteiger partial charge on any atom is 0.337 e. The number of rotatable bonds is 6. The molecule has 0 fully saturated rings. The molecule has 20 heavy (non-hydrogen) atoms. The van der Waals surface area contributed by atoms with Gasteiger partial charge in [-0.3, -0.25) is 0 Å². The van der Waals surface area contributed by atoms with Gasteiger partial charge in [0.2, 0.25) is 0 Å². The van der Waals surface area contributed by atoms with E-state index in [1.165, 1.54) is 17.0 Å². The molecule has 0 radical (unpaired) electrons. The number of phenolic OH excluding ortho intramolecular Hbond substituents is 1. The third-order valence-electron chi connectivity index (χ3n) is 2.74. The van der Waals surface area contributed by atoms with E-state index in [-0.39, 0.29) is 17.0 Å². The highest BCUT2D eigenvalue weighted by Crippen LogP contribution is 2.21. The Kier molecular flexibility index (Phi) is 5.79. The third kappa shape index (κ3) is 4.43. The molecule has 2 amide bonds. The fourth-order valence-corrected chi connectivity index (χ4v) is 1.62. The molecule has 110 valence electrons. The summed E-state index contributed by atoms with van der Waals surface area (Å²) in [6, 6.07) is 3.38. The fraction of sp³-hybridized carbons (Fsp3) is 0.385. The highest BCUT2D eigenvalue weighted by Gasteiger charge is 2.15. The normalized spacial score (nSPS) is 10.1. The monoisotopic (exact) mass is 281 g/mol. The molecule has 1 rings (SSSR count). The maximum atomic E-state index is 11.9. The number of hydrogen-bond donors (Lipinski definition) is 4. The Labute approximate surface area is 117 Å². The molecule has 0 aliphatic carbocycles. The van der Waals surface area contributed by atoms with Crippen molar-refractivity contribution in [3.63, 3.8) is 0 Å². The van der Waals surface area contributed by atoms with Crippen LogP contribution in [0.25, 0.3) is 0 Å². The predicted molar refractivity (Wildman–Crippen MR) is 75.3 cm³/mol. The molecule has 0 unspecified atom stereocenters. The Morgan fingerprint density at radius 2 is 2.05 bits per heavy atom. The summed E-state index contributed by atoms with van der Waals surface area (Å²) in [4.78, 5) is 24.4. The van der Waals surface area contributed by atoms with E-state index in [0.29, 0.717) is 6.54 Å². The summed E-state index contributed by atoms with van der Waals surface area (Å²) in [5.74, 6) is -1.38. The zero-order valence-corrected chi connectivity index (χ0v) is 11.5. The van der Waals surface area contributed by atoms with Crippen LogP contribution in [0, 0.1) is 0 Å². The van der Waals surface area contributed by atoms with Gasteiger partial charge in [0.25, 0.3) is 0 Å². The molecule has 0 atom stereocenters. The molecule has 0 aliphatic heterocycles. The number of urea groups is 1. The first-order chi connectivity index (χ1) is 9.45. The molecule has 1 aromatic carbocycles. The van der Waals surface area contributed by atoms with Crippen LogP contribution in [0.1, 0.15) is 16.8 Å². The molecule has 0 aromatic heterocycles. The molecule has 1 aromatic rings. The fourth-order valence-electron chi connectivity index (χ4n) is 1.62. The lowest BCUT2D eigenvalue weighted by molar-refractivity contribution is 0.0697. The lowest BCUT2D eigenvalue weighted by Crippen LogP contribution is -2.33. The zero-order valence-electron chi connectivity index (χ0n) is 11.5. The predicted octanol–water partition coefficient (Wildman–Crippen LogP) is 1.16. The standard InChI is InChI=1S/C13H19N3O4/c1-14-6-3-7-16(2)13(20)15-11-5-4-9(17)8-10(11)12(18)19/h4-5,8,14,17H,3,6-7H2,1-2H3,(H,15,20)(H,18,19). The second-order valence-corrected chi connectivity index (χ2v) is 4.34. The average Bonchev–Trinajstić information content (AvgIpc) is 2.40. The summed E-state index contributed by atoms with van der Waals surface area (Å²) in [5, 5.41) is 23.8. The highest BCUT2D eigenvalue weighted by atomic mass is 16.4. The van der Waals surface area contributed by atoms with E-state index >= 15 is 0 Å². The Bertz CT molecular complexity index is 491. The van der Waals surface area contributed by atoms with Crippen LogP contribution in [-0.4, -0.2) is 54.3 Å². The molecule has 0 heterocycles. The number of hydrogen-bond acceptors (Lipinski definition) is 4. The Morgan fingerprint density at radius 3 is 2.65 bits per heavy atom. The van der Waals surface area contributed by atoms with Crippen molar-refractivity contribution >= 4 is 17.7 Å². The quantitative estimate of drug-likeness (QED) is 0.463. The van der Waals surface area contributed by atoms with E-state index in [0.717, 1.165) is 19.0 Å². The van der Waals surface area contributed by atoms with Gasteiger partial charge in [0.1, 0.15) is 5.75 Å². The van der Waals surface area contributed by atoms with Gasteiger partial charge in [-0.05, 0) is 38.2 Å². The Morgan fingerprint density at radius 1 is 1.35 bits per heavy atom. The Hall–Kier alpha value is -2.28. The van der Waals surface area contributed by atoms with E-state index < -0.39 is 12.0 Å². The second kappa shape index (κ2) is 7.34. The SMILES string of the molecule is CNCCCN(C)C(=O)Nc1ccc(O)cc1C(=O)O. The molecule has 0 bridgehead atoms. The van der Waals surface area contributed by atoms with Gasteiger partial charge in [0, 0.05) is 13.6 Å². The summed E-state index contributed by atoms with van der Waals surface area (Å²) in [7, 11) is 3.46. The van der Waals surface area contributed by atoms with Gasteiger partial charge < -0.3 is 25.7 Å². The first-order valence-corrected chi connectivity index (χ1v) is 6.18. The van der Waals surface area contributed by atoms with E-state index in [9.17, 15) is 14.7 Å². The van der Waals surface area contributed by atoms with Crippen molar-refractivity contribution in [3.05, 3.63) is 23.8 Å². The molecule has 7 nitrogen and oxygen atoms in total. The van der Waals surface area contributed by atoms with Crippen molar-refractivity contribution in [3.8, 4) is 5.75 Å². The van der Waals surface area contributed by atoms with Gasteiger partial charge in [0.05, 0.1) is 11.3 Å². The average molecular weight is 281 g/mol. The van der Waals surface area contributed by atoms with Crippen LogP contribution < -0.4 is 10.6 Å². The summed E-state index contributed by atoms with van der Waals surface area (Å²) < 4.78 is 0. The summed E-state index contributed by atoms with van der Waals surface area (Å²) in [6.07, 6.45) is 0.793. The summed E-state index contributed by atoms with van der Waals surface area (Å²) >= 11 is 0. The van der Waals surface area contributed by atoms with Gasteiger partial charge >= 0.3 is 12.0 Å². The van der Waals surface area contributed by atoms with Crippen LogP contribution >= 0.6 is 0 Å². The third-order valence-corrected chi connectivity index (χ3v) is 2.74. The lowest BCUT2D eigenvalue weighted by Gasteiger charge is -2.18. The highest BCUT2D eigenvalue weighted by molar-refractivity contribution is 6.00. The van der Waals surface area contributed by atoms with Crippen LogP contribution in [-0.2, 0) is 0 Å². The van der Waals surface area contributed by atoms with Crippen molar-refractivity contribution in [1.82, 2.24) is 10.2 Å². The van der Waals surface area contributed by atoms with Gasteiger partial charge in [-0.1, -0.05) is 0 Å². The van der Waals surface area contributed by atoms with Crippen molar-refractivity contribution in [2.24, 2.45) is 0 Å². The van der Waals surface area contributed by atoms with E-state index in [4.69, 9.17) is 5.11 Å². The first-order valence-electron chi connectivity index (χ1n) is 6.18. The minimum absolute atomic E-state index is 0.151. The minimum atomic E-state index is -1.21. The number of amides is 2. The second-order valence-electron chi connectivity index (χ2n) is 4.34. The van der Waals surface area contributed by atoms with Crippen molar-refractivity contribution in [2.45, 2.75) is 6.42 Å². The lowest BCUT2D eigenvalue weighted by atomic mass is 10.1. The van der Waals surface area contributed by atoms with Crippen LogP contribution in [0.2, 0.25) is 0 Å². The zero-order chi connectivity index (χ0) is 15.1. The number of nitrogens with zero attached hydrogens (tertiary/aromatic N) is 1. The van der Waals surface area contributed by atoms with Crippen molar-refractivity contribution < 1.29 is 19.8 Å². The van der Waals surface area contributed by atoms with Gasteiger partial charge in [-0.2, -0.15) is 0 Å². The van der Waals surface area contributed by atoms with Gasteiger partial charge in [-0.25, -0.2) is 9.59 Å². The number of carboxylic acid groups (broad SMARTS) is 1. The van der Waals surface area contributed by atoms with E-state index in [1.54, 1.807) is 7.05 Å². The summed E-state index contributed by atoms with van der Waals surface area (Å²) in [6.45, 7) is 1.34. The number of carbonyl (C=O) groups is 2. The van der Waals surface area contributed by atoms with E-state index in [1.807, 2.05) is 7.05 Å². The van der Waals surface area contributed by atoms with Crippen LogP contribution in [0.3, 0.4) is 0 Å². The number of phenols is 1. The molecule has 0 saturated carbocycles. The van der Waals surface area contributed by atoms with Crippen molar-refractivity contribution in [2.75, 3.05) is 32.5 Å². The molecule has 0 saturated heterocycles. The number of aromatic carboxylic acids is 1. The van der Waals surface area contributed by atoms with Crippen LogP contribution in [0.15, 0.2) is 18.2 Å². The number of anilines is 1. The number of nitrogens with one attached hydrogen (secondary N) is 2. The molecular formula is C13H19N3O4. The van der Waals surface area contributed by atoms with Crippen molar-refractivity contribution in [1.29, 1.82) is 0 Å². The Balaban J connectivity index is 2.72. The number of benzene rings is 1. The first kappa shape index (κ1) is 15.8. The molecule has 0 aliphatic rings. The van der Waals surface area contributed by atoms with E-state index in [2.05, 4.69) is 10.6 Å². The smallest absolute Gasteiger partial charge is 0.337 e. The van der Waals surface area contributed by atoms with Crippen LogP contribution in [0.4, 0.5) is 10.5 Å². The number of aromatic hydroxyl groups is 1. The molecular weight excluding hydrogens is 262 g/mol. The number of carboxylic acids is 1. The number of carbonyl (C=O) groups excluding carboxylic acids is 1. The molecule has 7 heteroatoms. The summed E-state index contributed by atoms with van der Waals surface area (Å²) in [5.41, 5.74) is 0.00254. The topological polar surface area (TPSA) is 102 Å².